The molecule has 7 nitrogen and oxygen atoms in total. The average Bonchev–Trinajstić information content (AvgIpc) is 3.44. The smallest absolute Gasteiger partial charge is 0.287 e. The number of benzene rings is 1. The monoisotopic (exact) mass is 398 g/mol. The van der Waals surface area contributed by atoms with E-state index in [2.05, 4.69) is 16.7 Å². The van der Waals surface area contributed by atoms with E-state index >= 15 is 0 Å². The summed E-state index contributed by atoms with van der Waals surface area (Å²) in [6, 6.07) is 8.62. The number of amides is 2. The van der Waals surface area contributed by atoms with Gasteiger partial charge in [0.15, 0.2) is 17.3 Å². The molecule has 0 bridgehead atoms. The van der Waals surface area contributed by atoms with Crippen molar-refractivity contribution in [2.75, 3.05) is 19.8 Å². The predicted molar refractivity (Wildman–Crippen MR) is 106 cm³/mol. The lowest BCUT2D eigenvalue weighted by Crippen LogP contribution is -2.48. The molecule has 2 aromatic rings. The molecule has 1 aliphatic heterocycles. The Bertz CT molecular complexity index is 871. The van der Waals surface area contributed by atoms with E-state index in [1.54, 1.807) is 19.1 Å². The van der Waals surface area contributed by atoms with Crippen LogP contribution in [0.25, 0.3) is 0 Å². The van der Waals surface area contributed by atoms with E-state index in [1.165, 1.54) is 6.26 Å². The number of hydrogen-bond donors (Lipinski definition) is 2. The van der Waals surface area contributed by atoms with Crippen molar-refractivity contribution in [3.05, 3.63) is 47.9 Å². The van der Waals surface area contributed by atoms with Crippen LogP contribution in [0, 0.1) is 0 Å². The zero-order valence-corrected chi connectivity index (χ0v) is 16.5. The number of nitrogens with one attached hydrogen (secondary N) is 2. The fraction of sp³-hybridized carbons (Fsp3) is 0.455. The second-order valence-corrected chi connectivity index (χ2v) is 7.74. The van der Waals surface area contributed by atoms with Crippen LogP contribution in [-0.4, -0.2) is 37.6 Å². The Morgan fingerprint density at radius 3 is 2.59 bits per heavy atom. The zero-order chi connectivity index (χ0) is 20.3. The lowest BCUT2D eigenvalue weighted by atomic mass is 9.78. The first-order chi connectivity index (χ1) is 14.1. The molecule has 1 fully saturated rings. The summed E-state index contributed by atoms with van der Waals surface area (Å²) >= 11 is 0. The highest BCUT2D eigenvalue weighted by Gasteiger charge is 2.37. The van der Waals surface area contributed by atoms with Crippen molar-refractivity contribution in [3.63, 3.8) is 0 Å². The quantitative estimate of drug-likeness (QED) is 0.781. The van der Waals surface area contributed by atoms with Gasteiger partial charge in [-0.25, -0.2) is 0 Å². The molecule has 1 aromatic carbocycles. The largest absolute Gasteiger partial charge is 0.486 e. The molecule has 2 heterocycles. The van der Waals surface area contributed by atoms with Crippen LogP contribution in [0.2, 0.25) is 0 Å². The van der Waals surface area contributed by atoms with Gasteiger partial charge in [0.25, 0.3) is 5.91 Å². The summed E-state index contributed by atoms with van der Waals surface area (Å²) in [5, 5.41) is 5.71. The topological polar surface area (TPSA) is 89.8 Å². The lowest BCUT2D eigenvalue weighted by molar-refractivity contribution is -0.122. The van der Waals surface area contributed by atoms with Gasteiger partial charge in [-0.2, -0.15) is 0 Å². The molecule has 0 saturated heterocycles. The Hall–Kier alpha value is -2.96. The number of rotatable bonds is 6. The number of furan rings is 1. The molecule has 1 aliphatic carbocycles. The van der Waals surface area contributed by atoms with Gasteiger partial charge in [0.1, 0.15) is 19.3 Å². The van der Waals surface area contributed by atoms with Gasteiger partial charge < -0.3 is 24.5 Å². The number of hydrogen-bond acceptors (Lipinski definition) is 5. The van der Waals surface area contributed by atoms with Crippen molar-refractivity contribution in [1.29, 1.82) is 0 Å². The molecule has 1 aromatic heterocycles. The molecule has 0 spiro atoms. The third-order valence-electron chi connectivity index (χ3n) is 5.80. The number of carbonyl (C=O) groups is 2. The standard InChI is InChI=1S/C22H26N2O5/c1-15(24-21(26)18-5-4-10-27-18)20(25)23-14-22(8-2-3-9-22)16-6-7-17-19(13-16)29-12-11-28-17/h4-7,10,13,15H,2-3,8-9,11-12,14H2,1H3,(H,23,25)(H,24,26)/t15-/m0/s1. The maximum absolute atomic E-state index is 12.6. The Morgan fingerprint density at radius 1 is 1.10 bits per heavy atom. The van der Waals surface area contributed by atoms with Crippen LogP contribution in [0.4, 0.5) is 0 Å². The number of fused-ring (bicyclic) bond motifs is 1. The Morgan fingerprint density at radius 2 is 1.86 bits per heavy atom. The van der Waals surface area contributed by atoms with E-state index in [1.807, 2.05) is 12.1 Å². The summed E-state index contributed by atoms with van der Waals surface area (Å²) in [5.41, 5.74) is 1.03. The van der Waals surface area contributed by atoms with Gasteiger partial charge in [-0.3, -0.25) is 9.59 Å². The molecular formula is C22H26N2O5. The molecular weight excluding hydrogens is 372 g/mol. The van der Waals surface area contributed by atoms with Crippen molar-refractivity contribution in [2.24, 2.45) is 0 Å². The summed E-state index contributed by atoms with van der Waals surface area (Å²) in [7, 11) is 0. The zero-order valence-electron chi connectivity index (χ0n) is 16.5. The van der Waals surface area contributed by atoms with Crippen LogP contribution in [0.5, 0.6) is 11.5 Å². The molecule has 154 valence electrons. The van der Waals surface area contributed by atoms with E-state index in [9.17, 15) is 9.59 Å². The SMILES string of the molecule is C[C@H](NC(=O)c1ccco1)C(=O)NCC1(c2ccc3c(c2)OCCO3)CCCC1. The summed E-state index contributed by atoms with van der Waals surface area (Å²) in [4.78, 5) is 24.7. The fourth-order valence-electron chi connectivity index (χ4n) is 4.14. The van der Waals surface area contributed by atoms with Crippen LogP contribution >= 0.6 is 0 Å². The molecule has 2 aliphatic rings. The second-order valence-electron chi connectivity index (χ2n) is 7.74. The fourth-order valence-corrected chi connectivity index (χ4v) is 4.14. The Kier molecular flexibility index (Phi) is 5.47. The molecule has 1 atom stereocenters. The molecule has 4 rings (SSSR count). The Balaban J connectivity index is 1.42. The van der Waals surface area contributed by atoms with E-state index in [4.69, 9.17) is 13.9 Å². The molecule has 0 unspecified atom stereocenters. The first-order valence-electron chi connectivity index (χ1n) is 10.1. The highest BCUT2D eigenvalue weighted by Crippen LogP contribution is 2.43. The maximum Gasteiger partial charge on any atom is 0.287 e. The molecule has 1 saturated carbocycles. The second kappa shape index (κ2) is 8.19. The molecule has 0 radical (unpaired) electrons. The molecule has 29 heavy (non-hydrogen) atoms. The van der Waals surface area contributed by atoms with Gasteiger partial charge in [-0.15, -0.1) is 0 Å². The van der Waals surface area contributed by atoms with Crippen molar-refractivity contribution >= 4 is 11.8 Å². The van der Waals surface area contributed by atoms with Crippen LogP contribution in [0.1, 0.15) is 48.7 Å². The first kappa shape index (κ1) is 19.4. The summed E-state index contributed by atoms with van der Waals surface area (Å²) in [5.74, 6) is 1.11. The lowest BCUT2D eigenvalue weighted by Gasteiger charge is -2.32. The van der Waals surface area contributed by atoms with Gasteiger partial charge in [0, 0.05) is 12.0 Å². The van der Waals surface area contributed by atoms with Crippen molar-refractivity contribution in [3.8, 4) is 11.5 Å². The van der Waals surface area contributed by atoms with Crippen LogP contribution in [-0.2, 0) is 10.2 Å². The van der Waals surface area contributed by atoms with Gasteiger partial charge in [-0.05, 0) is 49.6 Å². The van der Waals surface area contributed by atoms with Crippen LogP contribution in [0.15, 0.2) is 41.0 Å². The van der Waals surface area contributed by atoms with Gasteiger partial charge in [-0.1, -0.05) is 18.9 Å². The molecule has 2 amide bonds. The van der Waals surface area contributed by atoms with Gasteiger partial charge in [0.05, 0.1) is 6.26 Å². The highest BCUT2D eigenvalue weighted by molar-refractivity contribution is 5.95. The van der Waals surface area contributed by atoms with E-state index < -0.39 is 11.9 Å². The summed E-state index contributed by atoms with van der Waals surface area (Å²) in [6.07, 6.45) is 5.67. The third kappa shape index (κ3) is 4.09. The van der Waals surface area contributed by atoms with E-state index in [0.29, 0.717) is 19.8 Å². The minimum Gasteiger partial charge on any atom is -0.486 e. The normalized spacial score (nSPS) is 18.1. The minimum atomic E-state index is -0.661. The highest BCUT2D eigenvalue weighted by atomic mass is 16.6. The minimum absolute atomic E-state index is 0.129. The Labute approximate surface area is 169 Å². The van der Waals surface area contributed by atoms with Gasteiger partial charge in [0.2, 0.25) is 5.91 Å². The number of carbonyl (C=O) groups excluding carboxylic acids is 2. The van der Waals surface area contributed by atoms with E-state index in [-0.39, 0.29) is 17.1 Å². The average molecular weight is 398 g/mol. The first-order valence-corrected chi connectivity index (χ1v) is 10.1. The van der Waals surface area contributed by atoms with Crippen LogP contribution < -0.4 is 20.1 Å². The third-order valence-corrected chi connectivity index (χ3v) is 5.80. The van der Waals surface area contributed by atoms with E-state index in [0.717, 1.165) is 42.7 Å². The van der Waals surface area contributed by atoms with Crippen molar-refractivity contribution in [2.45, 2.75) is 44.1 Å². The maximum atomic E-state index is 12.6. The summed E-state index contributed by atoms with van der Waals surface area (Å²) < 4.78 is 16.4. The van der Waals surface area contributed by atoms with Crippen molar-refractivity contribution in [1.82, 2.24) is 10.6 Å². The summed E-state index contributed by atoms with van der Waals surface area (Å²) in [6.45, 7) is 3.30. The van der Waals surface area contributed by atoms with Crippen LogP contribution in [0.3, 0.4) is 0 Å². The molecule has 7 heteroatoms. The molecule has 2 N–H and O–H groups in total. The predicted octanol–water partition coefficient (Wildman–Crippen LogP) is 2.80. The van der Waals surface area contributed by atoms with Gasteiger partial charge >= 0.3 is 0 Å². The van der Waals surface area contributed by atoms with Crippen molar-refractivity contribution < 1.29 is 23.5 Å². The number of ether oxygens (including phenoxy) is 2.